The quantitative estimate of drug-likeness (QED) is 0.837. The van der Waals surface area contributed by atoms with Gasteiger partial charge in [-0.15, -0.1) is 0 Å². The van der Waals surface area contributed by atoms with Crippen molar-refractivity contribution in [3.63, 3.8) is 0 Å². The molecule has 86 valence electrons. The van der Waals surface area contributed by atoms with E-state index in [-0.39, 0.29) is 5.41 Å². The largest absolute Gasteiger partial charge is 0.330 e. The Kier molecular flexibility index (Phi) is 2.49. The smallest absolute Gasteiger partial charge is 0.0443 e. The molecule has 2 aliphatic rings. The van der Waals surface area contributed by atoms with Gasteiger partial charge in [-0.2, -0.15) is 0 Å². The molecule has 1 fully saturated rings. The van der Waals surface area contributed by atoms with Gasteiger partial charge < -0.3 is 5.73 Å². The van der Waals surface area contributed by atoms with E-state index in [9.17, 15) is 0 Å². The first-order chi connectivity index (χ1) is 7.75. The highest BCUT2D eigenvalue weighted by Crippen LogP contribution is 2.48. The SMILES string of the molecule is NCC1(c2cc(Cl)c3c(c2)CCCC3)CC1. The van der Waals surface area contributed by atoms with Crippen LogP contribution < -0.4 is 5.73 Å². The van der Waals surface area contributed by atoms with Crippen molar-refractivity contribution in [1.29, 1.82) is 0 Å². The van der Waals surface area contributed by atoms with E-state index in [1.165, 1.54) is 48.8 Å². The Balaban J connectivity index is 2.05. The summed E-state index contributed by atoms with van der Waals surface area (Å²) in [7, 11) is 0. The molecule has 1 saturated carbocycles. The number of fused-ring (bicyclic) bond motifs is 1. The van der Waals surface area contributed by atoms with Crippen LogP contribution in [-0.2, 0) is 18.3 Å². The van der Waals surface area contributed by atoms with E-state index in [0.29, 0.717) is 0 Å². The van der Waals surface area contributed by atoms with Crippen molar-refractivity contribution in [1.82, 2.24) is 0 Å². The summed E-state index contributed by atoms with van der Waals surface area (Å²) in [4.78, 5) is 0. The summed E-state index contributed by atoms with van der Waals surface area (Å²) in [6, 6.07) is 4.55. The highest BCUT2D eigenvalue weighted by Gasteiger charge is 2.43. The summed E-state index contributed by atoms with van der Waals surface area (Å²) in [5.74, 6) is 0. The van der Waals surface area contributed by atoms with Crippen LogP contribution in [0.5, 0.6) is 0 Å². The summed E-state index contributed by atoms with van der Waals surface area (Å²) in [5.41, 5.74) is 10.4. The van der Waals surface area contributed by atoms with Gasteiger partial charge in [-0.25, -0.2) is 0 Å². The topological polar surface area (TPSA) is 26.0 Å². The average molecular weight is 236 g/mol. The molecule has 0 atom stereocenters. The van der Waals surface area contributed by atoms with Gasteiger partial charge >= 0.3 is 0 Å². The van der Waals surface area contributed by atoms with E-state index < -0.39 is 0 Å². The predicted molar refractivity (Wildman–Crippen MR) is 68.1 cm³/mol. The number of hydrogen-bond acceptors (Lipinski definition) is 1. The third-order valence-corrected chi connectivity index (χ3v) is 4.60. The molecular weight excluding hydrogens is 218 g/mol. The number of rotatable bonds is 2. The molecule has 3 rings (SSSR count). The molecule has 0 aliphatic heterocycles. The maximum Gasteiger partial charge on any atom is 0.0443 e. The highest BCUT2D eigenvalue weighted by atomic mass is 35.5. The zero-order valence-corrected chi connectivity index (χ0v) is 10.3. The first kappa shape index (κ1) is 10.6. The summed E-state index contributed by atoms with van der Waals surface area (Å²) in [6.45, 7) is 0.766. The molecule has 0 radical (unpaired) electrons. The lowest BCUT2D eigenvalue weighted by molar-refractivity contribution is 0.670. The second-order valence-electron chi connectivity index (χ2n) is 5.29. The van der Waals surface area contributed by atoms with Gasteiger partial charge in [-0.05, 0) is 61.3 Å². The average Bonchev–Trinajstić information content (AvgIpc) is 3.10. The number of nitrogens with two attached hydrogens (primary N) is 1. The van der Waals surface area contributed by atoms with Crippen LogP contribution in [0.1, 0.15) is 42.4 Å². The molecule has 1 aromatic rings. The molecule has 0 saturated heterocycles. The summed E-state index contributed by atoms with van der Waals surface area (Å²) in [5, 5.41) is 0.979. The van der Waals surface area contributed by atoms with Crippen LogP contribution in [0.25, 0.3) is 0 Å². The Morgan fingerprint density at radius 3 is 2.62 bits per heavy atom. The van der Waals surface area contributed by atoms with Gasteiger partial charge in [-0.3, -0.25) is 0 Å². The van der Waals surface area contributed by atoms with Crippen LogP contribution in [0, 0.1) is 0 Å². The molecule has 0 amide bonds. The van der Waals surface area contributed by atoms with E-state index in [1.807, 2.05) is 0 Å². The van der Waals surface area contributed by atoms with Crippen LogP contribution in [0.3, 0.4) is 0 Å². The molecule has 0 bridgehead atoms. The van der Waals surface area contributed by atoms with Crippen LogP contribution in [-0.4, -0.2) is 6.54 Å². The standard InChI is InChI=1S/C14H18ClN/c15-13-8-11(14(9-16)5-6-14)7-10-3-1-2-4-12(10)13/h7-8H,1-6,9,16H2. The first-order valence-electron chi connectivity index (χ1n) is 6.27. The van der Waals surface area contributed by atoms with Crippen molar-refractivity contribution in [2.45, 2.75) is 43.9 Å². The van der Waals surface area contributed by atoms with Gasteiger partial charge in [0.1, 0.15) is 0 Å². The zero-order chi connectivity index (χ0) is 11.2. The van der Waals surface area contributed by atoms with Gasteiger partial charge in [0, 0.05) is 17.0 Å². The fourth-order valence-electron chi connectivity index (χ4n) is 2.88. The molecule has 0 aromatic heterocycles. The Bertz CT molecular complexity index is 421. The minimum Gasteiger partial charge on any atom is -0.330 e. The molecule has 1 aromatic carbocycles. The lowest BCUT2D eigenvalue weighted by atomic mass is 9.86. The van der Waals surface area contributed by atoms with Crippen molar-refractivity contribution in [3.8, 4) is 0 Å². The minimum atomic E-state index is 0.274. The Morgan fingerprint density at radius 1 is 1.19 bits per heavy atom. The monoisotopic (exact) mass is 235 g/mol. The molecule has 2 N–H and O–H groups in total. The van der Waals surface area contributed by atoms with Gasteiger partial charge in [0.05, 0.1) is 0 Å². The zero-order valence-electron chi connectivity index (χ0n) is 9.56. The third kappa shape index (κ3) is 1.57. The van der Waals surface area contributed by atoms with Crippen molar-refractivity contribution in [3.05, 3.63) is 33.8 Å². The molecule has 2 heteroatoms. The van der Waals surface area contributed by atoms with Crippen LogP contribution in [0.2, 0.25) is 5.02 Å². The van der Waals surface area contributed by atoms with Crippen LogP contribution in [0.4, 0.5) is 0 Å². The third-order valence-electron chi connectivity index (χ3n) is 4.27. The van der Waals surface area contributed by atoms with Gasteiger partial charge in [0.25, 0.3) is 0 Å². The van der Waals surface area contributed by atoms with E-state index in [1.54, 1.807) is 0 Å². The van der Waals surface area contributed by atoms with Crippen molar-refractivity contribution in [2.24, 2.45) is 5.73 Å². The number of halogens is 1. The van der Waals surface area contributed by atoms with Crippen LogP contribution in [0.15, 0.2) is 12.1 Å². The number of hydrogen-bond donors (Lipinski definition) is 1. The lowest BCUT2D eigenvalue weighted by Gasteiger charge is -2.21. The summed E-state index contributed by atoms with van der Waals surface area (Å²) in [6.07, 6.45) is 7.42. The summed E-state index contributed by atoms with van der Waals surface area (Å²) < 4.78 is 0. The number of benzene rings is 1. The molecule has 2 aliphatic carbocycles. The molecular formula is C14H18ClN. The Morgan fingerprint density at radius 2 is 1.94 bits per heavy atom. The maximum absolute atomic E-state index is 6.40. The Labute approximate surface area is 102 Å². The summed E-state index contributed by atoms with van der Waals surface area (Å²) >= 11 is 6.40. The molecule has 1 nitrogen and oxygen atoms in total. The van der Waals surface area contributed by atoms with Crippen LogP contribution >= 0.6 is 11.6 Å². The van der Waals surface area contributed by atoms with E-state index >= 15 is 0 Å². The second kappa shape index (κ2) is 3.75. The second-order valence-corrected chi connectivity index (χ2v) is 5.69. The van der Waals surface area contributed by atoms with Crippen molar-refractivity contribution < 1.29 is 0 Å². The lowest BCUT2D eigenvalue weighted by Crippen LogP contribution is -2.20. The van der Waals surface area contributed by atoms with E-state index in [4.69, 9.17) is 17.3 Å². The molecule has 0 unspecified atom stereocenters. The van der Waals surface area contributed by atoms with E-state index in [2.05, 4.69) is 12.1 Å². The minimum absolute atomic E-state index is 0.274. The first-order valence-corrected chi connectivity index (χ1v) is 6.65. The maximum atomic E-state index is 6.40. The molecule has 0 heterocycles. The van der Waals surface area contributed by atoms with Gasteiger partial charge in [-0.1, -0.05) is 17.7 Å². The normalized spacial score (nSPS) is 21.6. The molecule has 0 spiro atoms. The van der Waals surface area contributed by atoms with E-state index in [0.717, 1.165) is 18.0 Å². The fourth-order valence-corrected chi connectivity index (χ4v) is 3.21. The van der Waals surface area contributed by atoms with Crippen molar-refractivity contribution in [2.75, 3.05) is 6.54 Å². The Hall–Kier alpha value is -0.530. The highest BCUT2D eigenvalue weighted by molar-refractivity contribution is 6.31. The molecule has 16 heavy (non-hydrogen) atoms. The van der Waals surface area contributed by atoms with Crippen molar-refractivity contribution >= 4 is 11.6 Å². The van der Waals surface area contributed by atoms with Gasteiger partial charge in [0.2, 0.25) is 0 Å². The van der Waals surface area contributed by atoms with Gasteiger partial charge in [0.15, 0.2) is 0 Å². The predicted octanol–water partition coefficient (Wildman–Crippen LogP) is 3.21. The fraction of sp³-hybridized carbons (Fsp3) is 0.571. The number of aryl methyl sites for hydroxylation is 1.